The van der Waals surface area contributed by atoms with Crippen LogP contribution >= 0.6 is 0 Å². The molecule has 0 fully saturated rings. The quantitative estimate of drug-likeness (QED) is 0.665. The van der Waals surface area contributed by atoms with Crippen LogP contribution in [-0.2, 0) is 35.5 Å². The molecule has 1 amide bonds. The van der Waals surface area contributed by atoms with Crippen LogP contribution in [0.15, 0.2) is 6.07 Å². The number of nitrogens with zero attached hydrogens (tertiary/aromatic N) is 5. The molecule has 0 unspecified atom stereocenters. The highest BCUT2D eigenvalue weighted by molar-refractivity contribution is 5.76. The van der Waals surface area contributed by atoms with Crippen molar-refractivity contribution < 1.29 is 14.7 Å². The van der Waals surface area contributed by atoms with Gasteiger partial charge in [-0.2, -0.15) is 10.1 Å². The molecule has 1 aliphatic rings. The van der Waals surface area contributed by atoms with Crippen molar-refractivity contribution in [3.63, 3.8) is 0 Å². The number of aromatic amines is 1. The number of nitrogens with one attached hydrogen (secondary N) is 1. The maximum Gasteiger partial charge on any atom is 0.303 e. The second kappa shape index (κ2) is 7.32. The topological polar surface area (TPSA) is 143 Å². The van der Waals surface area contributed by atoms with Gasteiger partial charge in [-0.1, -0.05) is 0 Å². The van der Waals surface area contributed by atoms with Gasteiger partial charge in [0.2, 0.25) is 11.9 Å². The van der Waals surface area contributed by atoms with Crippen LogP contribution in [0.2, 0.25) is 0 Å². The molecule has 0 radical (unpaired) electrons. The first kappa shape index (κ1) is 16.9. The number of aryl methyl sites for hydroxylation is 3. The average Bonchev–Trinajstić information content (AvgIpc) is 3.11. The molecule has 2 aromatic rings. The highest BCUT2D eigenvalue weighted by atomic mass is 16.4. The SMILES string of the molecule is Nc1n[nH]c(CCC(=O)N2CCCn3nc(CCC(=O)O)cc3C2)n1. The number of aromatic nitrogens is 5. The number of carbonyl (C=O) groups excluding carboxylic acids is 1. The fourth-order valence-electron chi connectivity index (χ4n) is 2.90. The number of H-pyrrole nitrogens is 1. The molecule has 0 atom stereocenters. The van der Waals surface area contributed by atoms with Crippen molar-refractivity contribution in [2.45, 2.75) is 45.2 Å². The molecular weight excluding hydrogens is 326 g/mol. The Morgan fingerprint density at radius 3 is 2.84 bits per heavy atom. The maximum absolute atomic E-state index is 12.5. The first-order chi connectivity index (χ1) is 12.0. The van der Waals surface area contributed by atoms with E-state index in [9.17, 15) is 9.59 Å². The number of amides is 1. The smallest absolute Gasteiger partial charge is 0.303 e. The number of aliphatic carboxylic acids is 1. The molecule has 4 N–H and O–H groups in total. The molecule has 0 aromatic carbocycles. The number of nitrogens with two attached hydrogens (primary N) is 1. The lowest BCUT2D eigenvalue weighted by Gasteiger charge is -2.19. The van der Waals surface area contributed by atoms with Crippen LogP contribution in [0, 0.1) is 0 Å². The van der Waals surface area contributed by atoms with Gasteiger partial charge < -0.3 is 15.7 Å². The Morgan fingerprint density at radius 1 is 1.28 bits per heavy atom. The second-order valence-corrected chi connectivity index (χ2v) is 6.05. The van der Waals surface area contributed by atoms with Gasteiger partial charge in [0.15, 0.2) is 0 Å². The first-order valence-corrected chi connectivity index (χ1v) is 8.23. The van der Waals surface area contributed by atoms with Gasteiger partial charge >= 0.3 is 5.97 Å². The van der Waals surface area contributed by atoms with Gasteiger partial charge in [0, 0.05) is 32.4 Å². The van der Waals surface area contributed by atoms with Crippen LogP contribution in [0.4, 0.5) is 5.95 Å². The van der Waals surface area contributed by atoms with E-state index in [0.29, 0.717) is 38.2 Å². The Hall–Kier alpha value is -2.91. The van der Waals surface area contributed by atoms with Crippen molar-refractivity contribution in [3.05, 3.63) is 23.3 Å². The standard InChI is InChI=1S/C15H21N7O3/c16-15-17-12(18-19-15)3-4-13(23)21-6-1-7-22-11(9-21)8-10(20-22)2-5-14(24)25/h8H,1-7,9H2,(H,24,25)(H3,16,17,18,19). The molecular formula is C15H21N7O3. The van der Waals surface area contributed by atoms with Gasteiger partial charge in [-0.15, -0.1) is 5.10 Å². The molecule has 3 rings (SSSR count). The lowest BCUT2D eigenvalue weighted by Crippen LogP contribution is -2.30. The summed E-state index contributed by atoms with van der Waals surface area (Å²) in [7, 11) is 0. The lowest BCUT2D eigenvalue weighted by atomic mass is 10.2. The van der Waals surface area contributed by atoms with Crippen molar-refractivity contribution in [1.82, 2.24) is 29.9 Å². The van der Waals surface area contributed by atoms with Gasteiger partial charge in [0.1, 0.15) is 5.82 Å². The third kappa shape index (κ3) is 4.34. The predicted octanol–water partition coefficient (Wildman–Crippen LogP) is -0.0343. The Labute approximate surface area is 144 Å². The highest BCUT2D eigenvalue weighted by Crippen LogP contribution is 2.16. The molecule has 10 nitrogen and oxygen atoms in total. The summed E-state index contributed by atoms with van der Waals surface area (Å²) >= 11 is 0. The number of nitrogen functional groups attached to an aromatic ring is 1. The minimum atomic E-state index is -0.840. The van der Waals surface area contributed by atoms with Crippen LogP contribution in [0.1, 0.15) is 36.5 Å². The lowest BCUT2D eigenvalue weighted by molar-refractivity contribution is -0.137. The van der Waals surface area contributed by atoms with E-state index < -0.39 is 5.97 Å². The summed E-state index contributed by atoms with van der Waals surface area (Å²) in [4.78, 5) is 29.0. The van der Waals surface area contributed by atoms with E-state index in [4.69, 9.17) is 10.8 Å². The minimum absolute atomic E-state index is 0.0386. The number of carbonyl (C=O) groups is 2. The predicted molar refractivity (Wildman–Crippen MR) is 87.3 cm³/mol. The van der Waals surface area contributed by atoms with E-state index in [1.165, 1.54) is 0 Å². The number of rotatable bonds is 6. The van der Waals surface area contributed by atoms with Crippen LogP contribution in [0.5, 0.6) is 0 Å². The molecule has 1 aliphatic heterocycles. The van der Waals surface area contributed by atoms with Gasteiger partial charge in [-0.3, -0.25) is 19.4 Å². The van der Waals surface area contributed by atoms with Crippen molar-refractivity contribution >= 4 is 17.8 Å². The van der Waals surface area contributed by atoms with Gasteiger partial charge in [-0.05, 0) is 12.5 Å². The van der Waals surface area contributed by atoms with Crippen molar-refractivity contribution in [1.29, 1.82) is 0 Å². The normalized spacial score (nSPS) is 14.2. The fourth-order valence-corrected chi connectivity index (χ4v) is 2.90. The van der Waals surface area contributed by atoms with Crippen LogP contribution in [0.25, 0.3) is 0 Å². The molecule has 134 valence electrons. The van der Waals surface area contributed by atoms with Gasteiger partial charge in [0.25, 0.3) is 0 Å². The van der Waals surface area contributed by atoms with E-state index in [1.54, 1.807) is 4.90 Å². The summed E-state index contributed by atoms with van der Waals surface area (Å²) in [5.74, 6) is -0.0264. The summed E-state index contributed by atoms with van der Waals surface area (Å²) < 4.78 is 1.88. The third-order valence-electron chi connectivity index (χ3n) is 4.14. The number of fused-ring (bicyclic) bond motifs is 1. The Bertz CT molecular complexity index is 767. The zero-order chi connectivity index (χ0) is 17.8. The molecule has 0 aliphatic carbocycles. The summed E-state index contributed by atoms with van der Waals surface area (Å²) in [5, 5.41) is 19.7. The summed E-state index contributed by atoms with van der Waals surface area (Å²) in [6, 6.07) is 1.89. The van der Waals surface area contributed by atoms with E-state index >= 15 is 0 Å². The number of carboxylic acids is 1. The molecule has 0 bridgehead atoms. The second-order valence-electron chi connectivity index (χ2n) is 6.05. The molecule has 2 aromatic heterocycles. The van der Waals surface area contributed by atoms with Crippen molar-refractivity contribution in [3.8, 4) is 0 Å². The summed E-state index contributed by atoms with van der Waals surface area (Å²) in [6.45, 7) is 1.88. The Morgan fingerprint density at radius 2 is 2.12 bits per heavy atom. The van der Waals surface area contributed by atoms with E-state index in [2.05, 4.69) is 20.3 Å². The number of hydrogen-bond donors (Lipinski definition) is 3. The average molecular weight is 347 g/mol. The van der Waals surface area contributed by atoms with E-state index in [-0.39, 0.29) is 18.3 Å². The van der Waals surface area contributed by atoms with Crippen LogP contribution < -0.4 is 5.73 Å². The Kier molecular flexibility index (Phi) is 4.96. The molecule has 3 heterocycles. The largest absolute Gasteiger partial charge is 0.481 e. The molecule has 0 saturated carbocycles. The monoisotopic (exact) mass is 347 g/mol. The van der Waals surface area contributed by atoms with Crippen molar-refractivity contribution in [2.75, 3.05) is 12.3 Å². The molecule has 0 spiro atoms. The van der Waals surface area contributed by atoms with Crippen LogP contribution in [-0.4, -0.2) is 53.4 Å². The number of anilines is 1. The summed E-state index contributed by atoms with van der Waals surface area (Å²) in [5.41, 5.74) is 7.15. The fraction of sp³-hybridized carbons (Fsp3) is 0.533. The highest BCUT2D eigenvalue weighted by Gasteiger charge is 2.21. The van der Waals surface area contributed by atoms with E-state index in [1.807, 2.05) is 10.7 Å². The van der Waals surface area contributed by atoms with Crippen molar-refractivity contribution in [2.24, 2.45) is 0 Å². The maximum atomic E-state index is 12.5. The van der Waals surface area contributed by atoms with E-state index in [0.717, 1.165) is 24.4 Å². The number of carboxylic acid groups (broad SMARTS) is 1. The Balaban J connectivity index is 1.60. The van der Waals surface area contributed by atoms with Gasteiger partial charge in [0.05, 0.1) is 24.4 Å². The van der Waals surface area contributed by atoms with Gasteiger partial charge in [-0.25, -0.2) is 0 Å². The minimum Gasteiger partial charge on any atom is -0.481 e. The molecule has 0 saturated heterocycles. The van der Waals surface area contributed by atoms with Crippen LogP contribution in [0.3, 0.4) is 0 Å². The zero-order valence-electron chi connectivity index (χ0n) is 13.8. The summed E-state index contributed by atoms with van der Waals surface area (Å²) in [6.07, 6.45) is 2.06. The number of hydrogen-bond acceptors (Lipinski definition) is 6. The zero-order valence-corrected chi connectivity index (χ0v) is 13.8. The first-order valence-electron chi connectivity index (χ1n) is 8.23. The molecule has 25 heavy (non-hydrogen) atoms. The molecule has 10 heteroatoms. The third-order valence-corrected chi connectivity index (χ3v) is 4.14.